The number of hydrogen-bond acceptors (Lipinski definition) is 4. The van der Waals surface area contributed by atoms with E-state index in [2.05, 4.69) is 20.8 Å². The van der Waals surface area contributed by atoms with Crippen molar-refractivity contribution >= 4 is 9.53 Å². The van der Waals surface area contributed by atoms with E-state index >= 15 is 0 Å². The molecule has 5 heteroatoms. The van der Waals surface area contributed by atoms with Crippen LogP contribution in [0.5, 0.6) is 0 Å². The van der Waals surface area contributed by atoms with Gasteiger partial charge in [0.15, 0.2) is 0 Å². The predicted molar refractivity (Wildman–Crippen MR) is 212 cm³/mol. The van der Waals surface area contributed by atoms with Gasteiger partial charge in [0, 0.05) is 19.8 Å². The normalized spacial score (nSPS) is 12.4. The first kappa shape index (κ1) is 47.1. The van der Waals surface area contributed by atoms with Crippen molar-refractivity contribution in [1.29, 1.82) is 0 Å². The molecule has 0 aliphatic carbocycles. The highest BCUT2D eigenvalue weighted by atomic mass is 28.3. The zero-order valence-electron chi connectivity index (χ0n) is 32.8. The van der Waals surface area contributed by atoms with Gasteiger partial charge >= 0.3 is 9.53 Å². The predicted octanol–water partition coefficient (Wildman–Crippen LogP) is 13.7. The minimum Gasteiger partial charge on any atom is -0.376 e. The third-order valence-corrected chi connectivity index (χ3v) is 11.6. The number of nitrogens with two attached hydrogens (primary N) is 1. The zero-order valence-corrected chi connectivity index (χ0v) is 34.0. The van der Waals surface area contributed by atoms with Gasteiger partial charge in [-0.1, -0.05) is 213 Å². The van der Waals surface area contributed by atoms with Crippen molar-refractivity contribution in [3.63, 3.8) is 0 Å². The van der Waals surface area contributed by atoms with Crippen molar-refractivity contribution in [2.75, 3.05) is 26.4 Å². The summed E-state index contributed by atoms with van der Waals surface area (Å²) in [6.45, 7) is 10.1. The second kappa shape index (κ2) is 42.2. The molecule has 0 amide bonds. The Hall–Kier alpha value is 0.0569. The molecule has 1 atom stereocenters. The largest absolute Gasteiger partial charge is 0.484 e. The van der Waals surface area contributed by atoms with Gasteiger partial charge in [0.25, 0.3) is 0 Å². The molecule has 0 radical (unpaired) electrons. The van der Waals surface area contributed by atoms with Gasteiger partial charge in [0.2, 0.25) is 0 Å². The third kappa shape index (κ3) is 38.7. The Morgan fingerprint density at radius 1 is 0.340 bits per heavy atom. The molecule has 0 heterocycles. The van der Waals surface area contributed by atoms with Crippen molar-refractivity contribution in [3.8, 4) is 0 Å². The van der Waals surface area contributed by atoms with Gasteiger partial charge in [-0.2, -0.15) is 0 Å². The standard InChI is InChI=1S/C42H89NO3Si/c1-4-7-10-13-16-19-22-25-28-33-39-44-47(45-40-34-29-26-23-20-17-14-11-8-5-2)46-41-37-42(36-31-32-38-43)35-30-27-24-21-18-15-12-9-6-3/h42,47H,4-41,43H2,1-3H3. The lowest BCUT2D eigenvalue weighted by Gasteiger charge is -2.20. The second-order valence-electron chi connectivity index (χ2n) is 14.8. The summed E-state index contributed by atoms with van der Waals surface area (Å²) in [4.78, 5) is 0. The molecule has 1 unspecified atom stereocenters. The van der Waals surface area contributed by atoms with Crippen molar-refractivity contribution in [1.82, 2.24) is 0 Å². The first-order valence-corrected chi connectivity index (χ1v) is 23.2. The van der Waals surface area contributed by atoms with Gasteiger partial charge in [-0.3, -0.25) is 0 Å². The van der Waals surface area contributed by atoms with Crippen LogP contribution >= 0.6 is 0 Å². The summed E-state index contributed by atoms with van der Waals surface area (Å²) < 4.78 is 19.1. The lowest BCUT2D eigenvalue weighted by atomic mass is 9.92. The molecule has 0 bridgehead atoms. The van der Waals surface area contributed by atoms with Crippen LogP contribution < -0.4 is 5.73 Å². The number of unbranched alkanes of at least 4 members (excludes halogenated alkanes) is 27. The molecule has 0 aliphatic heterocycles. The number of rotatable bonds is 42. The van der Waals surface area contributed by atoms with Gasteiger partial charge in [0.05, 0.1) is 0 Å². The summed E-state index contributed by atoms with van der Waals surface area (Å²) in [5.74, 6) is 0.754. The van der Waals surface area contributed by atoms with E-state index in [9.17, 15) is 0 Å². The monoisotopic (exact) mass is 684 g/mol. The Balaban J connectivity index is 4.39. The Bertz CT molecular complexity index is 526. The average Bonchev–Trinajstić information content (AvgIpc) is 3.08. The Kier molecular flexibility index (Phi) is 42.3. The van der Waals surface area contributed by atoms with Crippen LogP contribution in [0, 0.1) is 5.92 Å². The van der Waals surface area contributed by atoms with Gasteiger partial charge in [-0.15, -0.1) is 0 Å². The molecule has 0 aromatic carbocycles. The highest BCUT2D eigenvalue weighted by molar-refractivity contribution is 6.36. The Morgan fingerprint density at radius 3 is 1.00 bits per heavy atom. The van der Waals surface area contributed by atoms with Crippen molar-refractivity contribution in [2.45, 2.75) is 239 Å². The molecule has 0 saturated carbocycles. The molecular weight excluding hydrogens is 595 g/mol. The maximum atomic E-state index is 6.42. The van der Waals surface area contributed by atoms with Crippen LogP contribution in [0.3, 0.4) is 0 Å². The van der Waals surface area contributed by atoms with E-state index in [4.69, 9.17) is 19.0 Å². The van der Waals surface area contributed by atoms with Crippen molar-refractivity contribution in [3.05, 3.63) is 0 Å². The summed E-state index contributed by atoms with van der Waals surface area (Å²) in [5.41, 5.74) is 5.83. The minimum absolute atomic E-state index is 0.754. The third-order valence-electron chi connectivity index (χ3n) is 10.1. The summed E-state index contributed by atoms with van der Waals surface area (Å²) in [6.07, 6.45) is 45.9. The van der Waals surface area contributed by atoms with Crippen LogP contribution in [0.1, 0.15) is 239 Å². The summed E-state index contributed by atoms with van der Waals surface area (Å²) >= 11 is 0. The molecule has 284 valence electrons. The maximum absolute atomic E-state index is 6.42. The second-order valence-corrected chi connectivity index (χ2v) is 16.4. The van der Waals surface area contributed by atoms with E-state index in [0.29, 0.717) is 0 Å². The van der Waals surface area contributed by atoms with E-state index < -0.39 is 9.53 Å². The molecule has 0 aromatic heterocycles. The fraction of sp³-hybridized carbons (Fsp3) is 1.00. The first-order valence-electron chi connectivity index (χ1n) is 21.8. The summed E-state index contributed by atoms with van der Waals surface area (Å²) in [5, 5.41) is 0. The van der Waals surface area contributed by atoms with Crippen LogP contribution in [-0.2, 0) is 13.3 Å². The smallest absolute Gasteiger partial charge is 0.376 e. The Morgan fingerprint density at radius 2 is 0.638 bits per heavy atom. The molecule has 2 N–H and O–H groups in total. The lowest BCUT2D eigenvalue weighted by Crippen LogP contribution is -2.29. The van der Waals surface area contributed by atoms with Gasteiger partial charge < -0.3 is 19.0 Å². The van der Waals surface area contributed by atoms with Crippen LogP contribution in [-0.4, -0.2) is 35.9 Å². The average molecular weight is 684 g/mol. The summed E-state index contributed by atoms with van der Waals surface area (Å²) in [6, 6.07) is 0. The van der Waals surface area contributed by atoms with Crippen LogP contribution in [0.25, 0.3) is 0 Å². The van der Waals surface area contributed by atoms with Gasteiger partial charge in [-0.25, -0.2) is 0 Å². The van der Waals surface area contributed by atoms with E-state index in [1.54, 1.807) is 0 Å². The Labute approximate surface area is 299 Å². The molecule has 47 heavy (non-hydrogen) atoms. The van der Waals surface area contributed by atoms with E-state index in [1.165, 1.54) is 193 Å². The molecule has 0 rings (SSSR count). The molecule has 4 nitrogen and oxygen atoms in total. The van der Waals surface area contributed by atoms with Gasteiger partial charge in [0.1, 0.15) is 0 Å². The molecule has 0 saturated heterocycles. The van der Waals surface area contributed by atoms with E-state index in [0.717, 1.165) is 58.0 Å². The lowest BCUT2D eigenvalue weighted by molar-refractivity contribution is 0.0842. The molecule has 0 fully saturated rings. The van der Waals surface area contributed by atoms with E-state index in [1.807, 2.05) is 0 Å². The van der Waals surface area contributed by atoms with E-state index in [-0.39, 0.29) is 0 Å². The van der Waals surface area contributed by atoms with Crippen molar-refractivity contribution in [2.24, 2.45) is 11.7 Å². The fourth-order valence-corrected chi connectivity index (χ4v) is 8.10. The number of hydrogen-bond donors (Lipinski definition) is 1. The topological polar surface area (TPSA) is 53.7 Å². The molecule has 0 aliphatic rings. The van der Waals surface area contributed by atoms with Crippen LogP contribution in [0.4, 0.5) is 0 Å². The minimum atomic E-state index is -2.06. The summed E-state index contributed by atoms with van der Waals surface area (Å²) in [7, 11) is -2.06. The SMILES string of the molecule is CCCCCCCCCCCCO[SiH](OCCCCCCCCCCCC)OCCC(CCCCN)CCCCCCCCCCC. The molecular formula is C42H89NO3Si. The zero-order chi connectivity index (χ0) is 34.1. The van der Waals surface area contributed by atoms with Crippen LogP contribution in [0.15, 0.2) is 0 Å². The van der Waals surface area contributed by atoms with Crippen LogP contribution in [0.2, 0.25) is 0 Å². The maximum Gasteiger partial charge on any atom is 0.484 e. The highest BCUT2D eigenvalue weighted by Crippen LogP contribution is 2.22. The highest BCUT2D eigenvalue weighted by Gasteiger charge is 2.17. The molecule has 0 aromatic rings. The fourth-order valence-electron chi connectivity index (χ4n) is 6.77. The first-order chi connectivity index (χ1) is 23.3. The quantitative estimate of drug-likeness (QED) is 0.0514. The van der Waals surface area contributed by atoms with Gasteiger partial charge in [-0.05, 0) is 38.1 Å². The van der Waals surface area contributed by atoms with Crippen molar-refractivity contribution < 1.29 is 13.3 Å². The molecule has 0 spiro atoms.